The van der Waals surface area contributed by atoms with Crippen LogP contribution < -0.4 is 4.74 Å². The van der Waals surface area contributed by atoms with Gasteiger partial charge in [0.15, 0.2) is 5.75 Å². The molecule has 2 aromatic rings. The molecule has 0 saturated heterocycles. The monoisotopic (exact) mass is 309 g/mol. The number of ether oxygens (including phenoxy) is 1. The molecule has 1 aromatic heterocycles. The van der Waals surface area contributed by atoms with E-state index in [-0.39, 0.29) is 34.3 Å². The highest BCUT2D eigenvalue weighted by Gasteiger charge is 2.18. The van der Waals surface area contributed by atoms with Crippen LogP contribution in [-0.2, 0) is 6.61 Å². The summed E-state index contributed by atoms with van der Waals surface area (Å²) in [5, 5.41) is 20.1. The van der Waals surface area contributed by atoms with E-state index in [9.17, 15) is 14.9 Å². The summed E-state index contributed by atoms with van der Waals surface area (Å²) in [6.45, 7) is -0.243. The lowest BCUT2D eigenvalue weighted by Crippen LogP contribution is -2.09. The zero-order valence-corrected chi connectivity index (χ0v) is 11.1. The van der Waals surface area contributed by atoms with Crippen LogP contribution in [0, 0.1) is 10.1 Å². The molecule has 0 fully saturated rings. The summed E-state index contributed by atoms with van der Waals surface area (Å²) in [4.78, 5) is 28.7. The van der Waals surface area contributed by atoms with Crippen molar-refractivity contribution < 1.29 is 19.6 Å². The number of carboxylic acids is 1. The number of carboxylic acid groups (broad SMARTS) is 1. The van der Waals surface area contributed by atoms with Gasteiger partial charge in [-0.25, -0.2) is 14.8 Å². The lowest BCUT2D eigenvalue weighted by atomic mass is 10.2. The zero-order chi connectivity index (χ0) is 15.4. The maximum atomic E-state index is 11.0. The first-order valence-electron chi connectivity index (χ1n) is 5.58. The Morgan fingerprint density at radius 2 is 2.24 bits per heavy atom. The van der Waals surface area contributed by atoms with Crippen molar-refractivity contribution in [3.8, 4) is 5.75 Å². The van der Waals surface area contributed by atoms with E-state index in [1.165, 1.54) is 18.5 Å². The van der Waals surface area contributed by atoms with Crippen molar-refractivity contribution in [3.05, 3.63) is 57.1 Å². The van der Waals surface area contributed by atoms with Crippen molar-refractivity contribution in [2.45, 2.75) is 6.61 Å². The highest BCUT2D eigenvalue weighted by molar-refractivity contribution is 6.30. The first-order valence-corrected chi connectivity index (χ1v) is 5.95. The first kappa shape index (κ1) is 14.7. The number of nitrogens with zero attached hydrogens (tertiary/aromatic N) is 3. The van der Waals surface area contributed by atoms with Gasteiger partial charge >= 0.3 is 11.7 Å². The van der Waals surface area contributed by atoms with Gasteiger partial charge in [-0.1, -0.05) is 11.6 Å². The molecule has 0 radical (unpaired) electrons. The predicted octanol–water partition coefficient (Wildman–Crippen LogP) is 2.32. The van der Waals surface area contributed by atoms with Crippen molar-refractivity contribution in [3.63, 3.8) is 0 Å². The summed E-state index contributed by atoms with van der Waals surface area (Å²) < 4.78 is 5.28. The van der Waals surface area contributed by atoms with Gasteiger partial charge in [-0.2, -0.15) is 0 Å². The van der Waals surface area contributed by atoms with Gasteiger partial charge in [0.05, 0.1) is 10.6 Å². The molecule has 0 bridgehead atoms. The molecule has 0 aliphatic heterocycles. The number of aromatic carboxylic acids is 1. The molecule has 0 amide bonds. The highest BCUT2D eigenvalue weighted by Crippen LogP contribution is 2.30. The number of halogens is 1. The topological polar surface area (TPSA) is 115 Å². The van der Waals surface area contributed by atoms with Gasteiger partial charge in [0.2, 0.25) is 0 Å². The van der Waals surface area contributed by atoms with Gasteiger partial charge in [-0.05, 0) is 12.1 Å². The standard InChI is InChI=1S/C12H8ClN3O5/c13-7-1-2-11(10(3-7)16(19)20)21-5-9-8(12(17)18)4-14-6-15-9/h1-4,6H,5H2,(H,17,18). The van der Waals surface area contributed by atoms with E-state index >= 15 is 0 Å². The minimum absolute atomic E-state index is 0.0284. The fourth-order valence-electron chi connectivity index (χ4n) is 1.55. The molecule has 0 spiro atoms. The van der Waals surface area contributed by atoms with E-state index in [2.05, 4.69) is 9.97 Å². The molecular formula is C12H8ClN3O5. The molecule has 9 heteroatoms. The average Bonchev–Trinajstić information content (AvgIpc) is 2.46. The number of carbonyl (C=O) groups is 1. The molecule has 0 saturated carbocycles. The molecule has 0 unspecified atom stereocenters. The van der Waals surface area contributed by atoms with Crippen LogP contribution in [0.15, 0.2) is 30.7 Å². The van der Waals surface area contributed by atoms with E-state index in [4.69, 9.17) is 21.4 Å². The van der Waals surface area contributed by atoms with Crippen LogP contribution in [0.3, 0.4) is 0 Å². The fourth-order valence-corrected chi connectivity index (χ4v) is 1.72. The summed E-state index contributed by atoms with van der Waals surface area (Å²) in [6, 6.07) is 3.92. The fraction of sp³-hybridized carbons (Fsp3) is 0.0833. The SMILES string of the molecule is O=C(O)c1cncnc1COc1ccc(Cl)cc1[N+](=O)[O-]. The van der Waals surface area contributed by atoms with Crippen LogP contribution in [-0.4, -0.2) is 26.0 Å². The van der Waals surface area contributed by atoms with Crippen molar-refractivity contribution in [2.75, 3.05) is 0 Å². The quantitative estimate of drug-likeness (QED) is 0.665. The molecule has 1 N–H and O–H groups in total. The van der Waals surface area contributed by atoms with E-state index in [1.54, 1.807) is 0 Å². The Kier molecular flexibility index (Phi) is 4.29. The normalized spacial score (nSPS) is 10.1. The van der Waals surface area contributed by atoms with Crippen molar-refractivity contribution in [2.24, 2.45) is 0 Å². The van der Waals surface area contributed by atoms with Gasteiger partial charge in [-0.15, -0.1) is 0 Å². The number of hydrogen-bond donors (Lipinski definition) is 1. The third kappa shape index (κ3) is 3.42. The Hall–Kier alpha value is -2.74. The molecule has 0 atom stereocenters. The maximum absolute atomic E-state index is 11.0. The van der Waals surface area contributed by atoms with E-state index in [0.29, 0.717) is 0 Å². The second-order valence-corrected chi connectivity index (χ2v) is 4.28. The second-order valence-electron chi connectivity index (χ2n) is 3.85. The van der Waals surface area contributed by atoms with Crippen molar-refractivity contribution >= 4 is 23.3 Å². The molecule has 8 nitrogen and oxygen atoms in total. The smallest absolute Gasteiger partial charge is 0.339 e. The number of nitro benzene ring substituents is 1. The zero-order valence-electron chi connectivity index (χ0n) is 10.4. The third-order valence-corrected chi connectivity index (χ3v) is 2.74. The van der Waals surface area contributed by atoms with Gasteiger partial charge < -0.3 is 9.84 Å². The second kappa shape index (κ2) is 6.14. The van der Waals surface area contributed by atoms with Crippen molar-refractivity contribution in [1.82, 2.24) is 9.97 Å². The van der Waals surface area contributed by atoms with Gasteiger partial charge in [0.1, 0.15) is 18.5 Å². The maximum Gasteiger partial charge on any atom is 0.339 e. The number of rotatable bonds is 5. The van der Waals surface area contributed by atoms with Gasteiger partial charge in [0, 0.05) is 17.3 Å². The molecule has 1 heterocycles. The molecular weight excluding hydrogens is 302 g/mol. The summed E-state index contributed by atoms with van der Waals surface area (Å²) in [5.74, 6) is -1.24. The molecule has 0 aliphatic carbocycles. The Balaban J connectivity index is 2.25. The molecule has 2 rings (SSSR count). The van der Waals surface area contributed by atoms with Crippen LogP contribution in [0.25, 0.3) is 0 Å². The Morgan fingerprint density at radius 3 is 2.90 bits per heavy atom. The van der Waals surface area contributed by atoms with Gasteiger partial charge in [0.25, 0.3) is 0 Å². The largest absolute Gasteiger partial charge is 0.480 e. The van der Waals surface area contributed by atoms with Crippen LogP contribution in [0.4, 0.5) is 5.69 Å². The first-order chi connectivity index (χ1) is 9.99. The van der Waals surface area contributed by atoms with Crippen LogP contribution in [0.2, 0.25) is 5.02 Å². The summed E-state index contributed by atoms with van der Waals surface area (Å²) in [5.41, 5.74) is -0.329. The molecule has 21 heavy (non-hydrogen) atoms. The minimum Gasteiger partial charge on any atom is -0.480 e. The van der Waals surface area contributed by atoms with Crippen molar-refractivity contribution in [1.29, 1.82) is 0 Å². The molecule has 1 aromatic carbocycles. The highest BCUT2D eigenvalue weighted by atomic mass is 35.5. The van der Waals surface area contributed by atoms with Crippen LogP contribution in [0.5, 0.6) is 5.75 Å². The Labute approximate surface area is 123 Å². The Morgan fingerprint density at radius 1 is 1.48 bits per heavy atom. The number of benzene rings is 1. The van der Waals surface area contributed by atoms with E-state index < -0.39 is 10.9 Å². The predicted molar refractivity (Wildman–Crippen MR) is 71.4 cm³/mol. The summed E-state index contributed by atoms with van der Waals surface area (Å²) in [7, 11) is 0. The Bertz CT molecular complexity index is 707. The minimum atomic E-state index is -1.21. The summed E-state index contributed by atoms with van der Waals surface area (Å²) in [6.07, 6.45) is 2.30. The number of aromatic nitrogens is 2. The van der Waals surface area contributed by atoms with E-state index in [0.717, 1.165) is 12.3 Å². The third-order valence-electron chi connectivity index (χ3n) is 2.51. The summed E-state index contributed by atoms with van der Waals surface area (Å²) >= 11 is 5.69. The number of hydrogen-bond acceptors (Lipinski definition) is 6. The average molecular weight is 310 g/mol. The van der Waals surface area contributed by atoms with Crippen LogP contribution >= 0.6 is 11.6 Å². The lowest BCUT2D eigenvalue weighted by Gasteiger charge is -2.08. The van der Waals surface area contributed by atoms with E-state index in [1.807, 2.05) is 0 Å². The van der Waals surface area contributed by atoms with Crippen LogP contribution in [0.1, 0.15) is 16.1 Å². The van der Waals surface area contributed by atoms with Gasteiger partial charge in [-0.3, -0.25) is 10.1 Å². The molecule has 0 aliphatic rings. The number of nitro groups is 1. The lowest BCUT2D eigenvalue weighted by molar-refractivity contribution is -0.385. The molecule has 108 valence electrons.